The molecule has 0 amide bonds. The highest BCUT2D eigenvalue weighted by atomic mass is 19.1. The molecule has 0 aliphatic carbocycles. The molecular formula is C8H8F2O2. The molecule has 0 fully saturated rings. The molecule has 4 heteroatoms. The molecule has 0 saturated carbocycles. The molecule has 0 heterocycles. The minimum atomic E-state index is -0.698. The largest absolute Gasteiger partial charge is 0.400 e. The van der Waals surface area contributed by atoms with Crippen LogP contribution in [0.4, 0.5) is 8.78 Å². The first-order valence-electron chi connectivity index (χ1n) is 3.09. The van der Waals surface area contributed by atoms with Gasteiger partial charge in [-0.1, -0.05) is 0 Å². The topological polar surface area (TPSA) is 37.3 Å². The average Bonchev–Trinajstić information content (AvgIpc) is 2.13. The van der Waals surface area contributed by atoms with Crippen LogP contribution >= 0.6 is 0 Å². The van der Waals surface area contributed by atoms with Gasteiger partial charge in [0.25, 0.3) is 0 Å². The number of carbonyl (C=O) groups excluding carboxylic acids is 1. The van der Waals surface area contributed by atoms with Crippen molar-refractivity contribution in [2.24, 2.45) is 0 Å². The molecular weight excluding hydrogens is 166 g/mol. The first-order chi connectivity index (χ1) is 5.74. The van der Waals surface area contributed by atoms with Crippen molar-refractivity contribution in [1.82, 2.24) is 0 Å². The highest BCUT2D eigenvalue weighted by Crippen LogP contribution is 2.06. The Morgan fingerprint density at radius 1 is 1.33 bits per heavy atom. The molecule has 0 aliphatic rings. The molecule has 1 aromatic carbocycles. The molecule has 12 heavy (non-hydrogen) atoms. The van der Waals surface area contributed by atoms with Crippen molar-refractivity contribution >= 4 is 6.29 Å². The van der Waals surface area contributed by atoms with Gasteiger partial charge < -0.3 is 5.11 Å². The van der Waals surface area contributed by atoms with Gasteiger partial charge >= 0.3 is 0 Å². The van der Waals surface area contributed by atoms with Gasteiger partial charge in [0.05, 0.1) is 5.56 Å². The van der Waals surface area contributed by atoms with Gasteiger partial charge in [-0.05, 0) is 18.2 Å². The van der Waals surface area contributed by atoms with E-state index in [1.807, 2.05) is 0 Å². The summed E-state index contributed by atoms with van der Waals surface area (Å²) < 4.78 is 24.6. The summed E-state index contributed by atoms with van der Waals surface area (Å²) in [7, 11) is 1.00. The smallest absolute Gasteiger partial charge is 0.153 e. The van der Waals surface area contributed by atoms with Gasteiger partial charge in [-0.2, -0.15) is 0 Å². The summed E-state index contributed by atoms with van der Waals surface area (Å²) in [5, 5.41) is 7.00. The summed E-state index contributed by atoms with van der Waals surface area (Å²) in [5.74, 6) is -1.31. The van der Waals surface area contributed by atoms with Crippen LogP contribution in [0.3, 0.4) is 0 Å². The number of carbonyl (C=O) groups is 1. The van der Waals surface area contributed by atoms with Crippen LogP contribution in [0.1, 0.15) is 10.4 Å². The molecule has 0 aliphatic heterocycles. The van der Waals surface area contributed by atoms with Crippen molar-refractivity contribution < 1.29 is 18.7 Å². The van der Waals surface area contributed by atoms with Crippen molar-refractivity contribution in [3.05, 3.63) is 35.4 Å². The number of aliphatic hydroxyl groups is 1. The van der Waals surface area contributed by atoms with Gasteiger partial charge in [0.15, 0.2) is 6.29 Å². The molecule has 1 aromatic rings. The lowest BCUT2D eigenvalue weighted by Crippen LogP contribution is -1.87. The van der Waals surface area contributed by atoms with Crippen LogP contribution in [0.2, 0.25) is 0 Å². The first kappa shape index (κ1) is 10.7. The number of aliphatic hydroxyl groups excluding tert-OH is 1. The Balaban J connectivity index is 0.000000561. The van der Waals surface area contributed by atoms with E-state index in [9.17, 15) is 13.6 Å². The Morgan fingerprint density at radius 2 is 1.92 bits per heavy atom. The van der Waals surface area contributed by atoms with E-state index < -0.39 is 11.6 Å². The molecule has 0 aromatic heterocycles. The molecule has 1 N–H and O–H groups in total. The number of rotatable bonds is 1. The molecule has 0 unspecified atom stereocenters. The third kappa shape index (κ3) is 2.75. The van der Waals surface area contributed by atoms with Gasteiger partial charge in [-0.15, -0.1) is 0 Å². The third-order valence-corrected chi connectivity index (χ3v) is 1.09. The Bertz CT molecular complexity index is 261. The van der Waals surface area contributed by atoms with Crippen molar-refractivity contribution in [2.45, 2.75) is 0 Å². The summed E-state index contributed by atoms with van der Waals surface area (Å²) >= 11 is 0. The van der Waals surface area contributed by atoms with Crippen molar-refractivity contribution in [2.75, 3.05) is 7.11 Å². The summed E-state index contributed by atoms with van der Waals surface area (Å²) in [6, 6.07) is 2.73. The van der Waals surface area contributed by atoms with Gasteiger partial charge in [0.1, 0.15) is 11.6 Å². The van der Waals surface area contributed by atoms with Crippen molar-refractivity contribution in [3.8, 4) is 0 Å². The van der Waals surface area contributed by atoms with Gasteiger partial charge in [0.2, 0.25) is 0 Å². The highest BCUT2D eigenvalue weighted by Gasteiger charge is 2.00. The van der Waals surface area contributed by atoms with Crippen LogP contribution < -0.4 is 0 Å². The Labute approximate surface area is 68.5 Å². The summed E-state index contributed by atoms with van der Waals surface area (Å²) in [5.41, 5.74) is -0.250. The predicted octanol–water partition coefficient (Wildman–Crippen LogP) is 1.39. The average molecular weight is 174 g/mol. The zero-order valence-electron chi connectivity index (χ0n) is 6.42. The van der Waals surface area contributed by atoms with E-state index in [1.165, 1.54) is 0 Å². The van der Waals surface area contributed by atoms with Crippen LogP contribution in [-0.4, -0.2) is 18.5 Å². The molecule has 0 bridgehead atoms. The maximum Gasteiger partial charge on any atom is 0.153 e. The SMILES string of the molecule is CO.O=Cc1cc(F)ccc1F. The zero-order valence-corrected chi connectivity index (χ0v) is 6.42. The lowest BCUT2D eigenvalue weighted by atomic mass is 10.2. The Kier molecular flexibility index (Phi) is 4.79. The number of hydrogen-bond acceptors (Lipinski definition) is 2. The fourth-order valence-corrected chi connectivity index (χ4v) is 0.605. The molecule has 0 spiro atoms. The maximum atomic E-state index is 12.4. The van der Waals surface area contributed by atoms with E-state index in [-0.39, 0.29) is 11.8 Å². The van der Waals surface area contributed by atoms with Crippen LogP contribution in [0.5, 0.6) is 0 Å². The minimum Gasteiger partial charge on any atom is -0.400 e. The minimum absolute atomic E-state index is 0.250. The number of benzene rings is 1. The van der Waals surface area contributed by atoms with E-state index in [0.717, 1.165) is 25.3 Å². The molecule has 0 saturated heterocycles. The van der Waals surface area contributed by atoms with Crippen molar-refractivity contribution in [3.63, 3.8) is 0 Å². The lowest BCUT2D eigenvalue weighted by Gasteiger charge is -1.91. The van der Waals surface area contributed by atoms with E-state index >= 15 is 0 Å². The molecule has 1 rings (SSSR count). The Hall–Kier alpha value is -1.29. The number of aldehydes is 1. The van der Waals surface area contributed by atoms with E-state index in [0.29, 0.717) is 0 Å². The van der Waals surface area contributed by atoms with E-state index in [2.05, 4.69) is 0 Å². The highest BCUT2D eigenvalue weighted by molar-refractivity contribution is 5.74. The standard InChI is InChI=1S/C7H4F2O.CH4O/c8-6-1-2-7(9)5(3-6)4-10;1-2/h1-4H;2H,1H3. The second kappa shape index (κ2) is 5.37. The second-order valence-electron chi connectivity index (χ2n) is 1.78. The van der Waals surface area contributed by atoms with Crippen LogP contribution in [-0.2, 0) is 0 Å². The monoisotopic (exact) mass is 174 g/mol. The fourth-order valence-electron chi connectivity index (χ4n) is 0.605. The molecule has 0 radical (unpaired) electrons. The molecule has 66 valence electrons. The van der Waals surface area contributed by atoms with Gasteiger partial charge in [-0.25, -0.2) is 8.78 Å². The lowest BCUT2D eigenvalue weighted by molar-refractivity contribution is 0.111. The summed E-state index contributed by atoms with van der Waals surface area (Å²) in [4.78, 5) is 9.97. The van der Waals surface area contributed by atoms with Gasteiger partial charge in [0, 0.05) is 7.11 Å². The first-order valence-corrected chi connectivity index (χ1v) is 3.09. The quantitative estimate of drug-likeness (QED) is 0.653. The van der Waals surface area contributed by atoms with E-state index in [4.69, 9.17) is 5.11 Å². The van der Waals surface area contributed by atoms with Gasteiger partial charge in [-0.3, -0.25) is 4.79 Å². The number of halogens is 2. The normalized spacial score (nSPS) is 8.33. The fraction of sp³-hybridized carbons (Fsp3) is 0.125. The van der Waals surface area contributed by atoms with Crippen molar-refractivity contribution in [1.29, 1.82) is 0 Å². The van der Waals surface area contributed by atoms with E-state index in [1.54, 1.807) is 0 Å². The third-order valence-electron chi connectivity index (χ3n) is 1.09. The van der Waals surface area contributed by atoms with Crippen LogP contribution in [0, 0.1) is 11.6 Å². The summed E-state index contributed by atoms with van der Waals surface area (Å²) in [6.45, 7) is 0. The van der Waals surface area contributed by atoms with Crippen LogP contribution in [0.25, 0.3) is 0 Å². The predicted molar refractivity (Wildman–Crippen MR) is 39.9 cm³/mol. The summed E-state index contributed by atoms with van der Waals surface area (Å²) in [6.07, 6.45) is 0.276. The van der Waals surface area contributed by atoms with Crippen LogP contribution in [0.15, 0.2) is 18.2 Å². The zero-order chi connectivity index (χ0) is 9.56. The molecule has 0 atom stereocenters. The number of hydrogen-bond donors (Lipinski definition) is 1. The maximum absolute atomic E-state index is 12.4. The molecule has 2 nitrogen and oxygen atoms in total. The Morgan fingerprint density at radius 3 is 2.33 bits per heavy atom. The second-order valence-corrected chi connectivity index (χ2v) is 1.78.